The van der Waals surface area contributed by atoms with Crippen molar-refractivity contribution >= 4 is 28.9 Å². The summed E-state index contributed by atoms with van der Waals surface area (Å²) in [5.41, 5.74) is 2.77. The Kier molecular flexibility index (Phi) is 3.50. The Bertz CT molecular complexity index is 560. The lowest BCUT2D eigenvalue weighted by molar-refractivity contribution is 0.0607. The molecule has 0 aliphatic rings. The van der Waals surface area contributed by atoms with Gasteiger partial charge in [-0.1, -0.05) is 29.8 Å². The zero-order valence-electron chi connectivity index (χ0n) is 9.49. The molecule has 4 heteroatoms. The van der Waals surface area contributed by atoms with E-state index in [9.17, 15) is 4.79 Å². The van der Waals surface area contributed by atoms with Crippen molar-refractivity contribution in [3.63, 3.8) is 0 Å². The number of carbonyl (C=O) groups is 1. The van der Waals surface area contributed by atoms with Gasteiger partial charge in [0.05, 0.1) is 7.11 Å². The first-order chi connectivity index (χ1) is 8.15. The summed E-state index contributed by atoms with van der Waals surface area (Å²) in [6.45, 7) is 1.96. The van der Waals surface area contributed by atoms with Crippen LogP contribution in [0.15, 0.2) is 29.6 Å². The van der Waals surface area contributed by atoms with Crippen LogP contribution in [0.5, 0.6) is 0 Å². The maximum absolute atomic E-state index is 11.7. The molecule has 2 rings (SSSR count). The standard InChI is InChI=1S/C13H11ClO2S/c1-8-7-17-12(13(15)16-2)11(8)9-5-3-4-6-10(9)14/h3-7H,1-2H3. The third-order valence-corrected chi connectivity index (χ3v) is 3.90. The minimum Gasteiger partial charge on any atom is -0.465 e. The molecule has 0 aliphatic carbocycles. The van der Waals surface area contributed by atoms with Crippen LogP contribution >= 0.6 is 22.9 Å². The van der Waals surface area contributed by atoms with Crippen LogP contribution < -0.4 is 0 Å². The summed E-state index contributed by atoms with van der Waals surface area (Å²) in [5.74, 6) is -0.321. The predicted molar refractivity (Wildman–Crippen MR) is 70.8 cm³/mol. The normalized spacial score (nSPS) is 10.3. The number of ether oxygens (including phenoxy) is 1. The maximum Gasteiger partial charge on any atom is 0.348 e. The highest BCUT2D eigenvalue weighted by molar-refractivity contribution is 7.12. The third-order valence-electron chi connectivity index (χ3n) is 2.49. The lowest BCUT2D eigenvalue weighted by Crippen LogP contribution is -2.00. The molecule has 0 unspecified atom stereocenters. The van der Waals surface area contributed by atoms with E-state index in [1.165, 1.54) is 18.4 Å². The van der Waals surface area contributed by atoms with Crippen LogP contribution in [-0.4, -0.2) is 13.1 Å². The summed E-state index contributed by atoms with van der Waals surface area (Å²) in [6, 6.07) is 7.49. The van der Waals surface area contributed by atoms with Crippen LogP contribution in [0, 0.1) is 6.92 Å². The molecule has 0 radical (unpaired) electrons. The van der Waals surface area contributed by atoms with E-state index in [0.29, 0.717) is 9.90 Å². The summed E-state index contributed by atoms with van der Waals surface area (Å²) in [6.07, 6.45) is 0. The average Bonchev–Trinajstić information content (AvgIpc) is 2.71. The Hall–Kier alpha value is -1.32. The zero-order chi connectivity index (χ0) is 12.4. The van der Waals surface area contributed by atoms with Crippen molar-refractivity contribution in [3.8, 4) is 11.1 Å². The van der Waals surface area contributed by atoms with E-state index in [4.69, 9.17) is 16.3 Å². The summed E-state index contributed by atoms with van der Waals surface area (Å²) in [7, 11) is 1.38. The molecular weight excluding hydrogens is 256 g/mol. The van der Waals surface area contributed by atoms with Crippen LogP contribution in [0.1, 0.15) is 15.2 Å². The first-order valence-corrected chi connectivity index (χ1v) is 6.32. The number of esters is 1. The van der Waals surface area contributed by atoms with Crippen LogP contribution in [0.2, 0.25) is 5.02 Å². The van der Waals surface area contributed by atoms with E-state index < -0.39 is 0 Å². The topological polar surface area (TPSA) is 26.3 Å². The summed E-state index contributed by atoms with van der Waals surface area (Å²) < 4.78 is 4.78. The minimum atomic E-state index is -0.321. The lowest BCUT2D eigenvalue weighted by Gasteiger charge is -2.06. The van der Waals surface area contributed by atoms with Gasteiger partial charge in [-0.05, 0) is 23.9 Å². The molecule has 2 nitrogen and oxygen atoms in total. The fourth-order valence-electron chi connectivity index (χ4n) is 1.69. The second kappa shape index (κ2) is 4.90. The van der Waals surface area contributed by atoms with Gasteiger partial charge in [0.25, 0.3) is 0 Å². The fraction of sp³-hybridized carbons (Fsp3) is 0.154. The second-order valence-corrected chi connectivity index (χ2v) is 4.88. The first-order valence-electron chi connectivity index (χ1n) is 5.06. The zero-order valence-corrected chi connectivity index (χ0v) is 11.1. The maximum atomic E-state index is 11.7. The molecule has 88 valence electrons. The van der Waals surface area contributed by atoms with Gasteiger partial charge in [0, 0.05) is 16.1 Å². The molecule has 0 saturated heterocycles. The third kappa shape index (κ3) is 2.21. The molecule has 0 spiro atoms. The van der Waals surface area contributed by atoms with Gasteiger partial charge in [-0.2, -0.15) is 0 Å². The monoisotopic (exact) mass is 266 g/mol. The Morgan fingerprint density at radius 2 is 2.06 bits per heavy atom. The van der Waals surface area contributed by atoms with E-state index >= 15 is 0 Å². The van der Waals surface area contributed by atoms with Crippen LogP contribution in [0.4, 0.5) is 0 Å². The number of hydrogen-bond donors (Lipinski definition) is 0. The quantitative estimate of drug-likeness (QED) is 0.763. The highest BCUT2D eigenvalue weighted by Crippen LogP contribution is 2.36. The van der Waals surface area contributed by atoms with Crippen molar-refractivity contribution in [2.75, 3.05) is 7.11 Å². The highest BCUT2D eigenvalue weighted by atomic mass is 35.5. The highest BCUT2D eigenvalue weighted by Gasteiger charge is 2.19. The van der Waals surface area contributed by atoms with Crippen molar-refractivity contribution in [1.82, 2.24) is 0 Å². The van der Waals surface area contributed by atoms with Crippen molar-refractivity contribution < 1.29 is 9.53 Å². The minimum absolute atomic E-state index is 0.321. The van der Waals surface area contributed by atoms with Crippen molar-refractivity contribution in [1.29, 1.82) is 0 Å². The predicted octanol–water partition coefficient (Wildman–Crippen LogP) is 4.16. The Balaban J connectivity index is 2.63. The molecule has 0 N–H and O–H groups in total. The molecule has 17 heavy (non-hydrogen) atoms. The molecule has 2 aromatic rings. The molecule has 0 amide bonds. The number of benzene rings is 1. The van der Waals surface area contributed by atoms with E-state index in [0.717, 1.165) is 16.7 Å². The van der Waals surface area contributed by atoms with Gasteiger partial charge >= 0.3 is 5.97 Å². The van der Waals surface area contributed by atoms with Gasteiger partial charge < -0.3 is 4.74 Å². The second-order valence-electron chi connectivity index (χ2n) is 3.59. The fourth-order valence-corrected chi connectivity index (χ4v) is 2.90. The van der Waals surface area contributed by atoms with E-state index in [2.05, 4.69) is 0 Å². The molecule has 0 aliphatic heterocycles. The van der Waals surface area contributed by atoms with Crippen LogP contribution in [0.25, 0.3) is 11.1 Å². The van der Waals surface area contributed by atoms with Gasteiger partial charge in [0.15, 0.2) is 0 Å². The number of hydrogen-bond acceptors (Lipinski definition) is 3. The Labute approximate surface area is 109 Å². The Morgan fingerprint density at radius 1 is 1.35 bits per heavy atom. The van der Waals surface area contributed by atoms with E-state index in [-0.39, 0.29) is 5.97 Å². The molecule has 0 saturated carbocycles. The van der Waals surface area contributed by atoms with Crippen molar-refractivity contribution in [3.05, 3.63) is 45.1 Å². The van der Waals surface area contributed by atoms with Gasteiger partial charge in [0.1, 0.15) is 4.88 Å². The lowest BCUT2D eigenvalue weighted by atomic mass is 10.0. The molecule has 1 aromatic heterocycles. The number of rotatable bonds is 2. The Morgan fingerprint density at radius 3 is 2.71 bits per heavy atom. The number of aryl methyl sites for hydroxylation is 1. The van der Waals surface area contributed by atoms with Crippen LogP contribution in [-0.2, 0) is 4.74 Å². The SMILES string of the molecule is COC(=O)c1scc(C)c1-c1ccccc1Cl. The molecule has 1 aromatic carbocycles. The molecule has 0 atom stereocenters. The summed E-state index contributed by atoms with van der Waals surface area (Å²) in [4.78, 5) is 12.3. The molecule has 0 fully saturated rings. The number of thiophene rings is 1. The van der Waals surface area contributed by atoms with Crippen LogP contribution in [0.3, 0.4) is 0 Å². The number of halogens is 1. The largest absolute Gasteiger partial charge is 0.465 e. The van der Waals surface area contributed by atoms with E-state index in [1.54, 1.807) is 0 Å². The smallest absolute Gasteiger partial charge is 0.348 e. The van der Waals surface area contributed by atoms with Gasteiger partial charge in [-0.15, -0.1) is 11.3 Å². The molecule has 0 bridgehead atoms. The first kappa shape index (κ1) is 12.1. The molecule has 1 heterocycles. The van der Waals surface area contributed by atoms with Crippen molar-refractivity contribution in [2.45, 2.75) is 6.92 Å². The number of carbonyl (C=O) groups excluding carboxylic acids is 1. The average molecular weight is 267 g/mol. The number of methoxy groups -OCH3 is 1. The van der Waals surface area contributed by atoms with Gasteiger partial charge in [0.2, 0.25) is 0 Å². The van der Waals surface area contributed by atoms with Crippen molar-refractivity contribution in [2.24, 2.45) is 0 Å². The van der Waals surface area contributed by atoms with Gasteiger partial charge in [-0.3, -0.25) is 0 Å². The summed E-state index contributed by atoms with van der Waals surface area (Å²) in [5, 5.41) is 2.57. The summed E-state index contributed by atoms with van der Waals surface area (Å²) >= 11 is 7.54. The van der Waals surface area contributed by atoms with Gasteiger partial charge in [-0.25, -0.2) is 4.79 Å². The van der Waals surface area contributed by atoms with E-state index in [1.807, 2.05) is 36.6 Å². The molecular formula is C13H11ClO2S.